The Morgan fingerprint density at radius 1 is 1.50 bits per heavy atom. The summed E-state index contributed by atoms with van der Waals surface area (Å²) in [6.07, 6.45) is 5.00. The monoisotopic (exact) mass is 201 g/mol. The molecule has 3 unspecified atom stereocenters. The van der Waals surface area contributed by atoms with E-state index in [1.54, 1.807) is 0 Å². The van der Waals surface area contributed by atoms with Crippen LogP contribution in [0, 0.1) is 0 Å². The van der Waals surface area contributed by atoms with E-state index in [4.69, 9.17) is 9.84 Å². The first-order valence-electron chi connectivity index (χ1n) is 5.72. The molecule has 0 aromatic heterocycles. The van der Waals surface area contributed by atoms with Crippen LogP contribution in [-0.2, 0) is 4.74 Å². The molecular formula is C11H23NO2. The zero-order chi connectivity index (χ0) is 10.4. The number of ether oxygens (including phenoxy) is 1. The zero-order valence-corrected chi connectivity index (χ0v) is 9.33. The first-order chi connectivity index (χ1) is 6.68. The minimum Gasteiger partial charge on any atom is -0.393 e. The highest BCUT2D eigenvalue weighted by atomic mass is 16.5. The van der Waals surface area contributed by atoms with Crippen LogP contribution in [0.4, 0.5) is 0 Å². The van der Waals surface area contributed by atoms with Gasteiger partial charge in [-0.2, -0.15) is 0 Å². The zero-order valence-electron chi connectivity index (χ0n) is 9.33. The smallest absolute Gasteiger partial charge is 0.0704 e. The van der Waals surface area contributed by atoms with E-state index >= 15 is 0 Å². The third-order valence-electron chi connectivity index (χ3n) is 2.67. The first kappa shape index (κ1) is 12.0. The van der Waals surface area contributed by atoms with Gasteiger partial charge in [0.2, 0.25) is 0 Å². The number of rotatable bonds is 6. The van der Waals surface area contributed by atoms with Crippen LogP contribution in [0.15, 0.2) is 0 Å². The van der Waals surface area contributed by atoms with Gasteiger partial charge in [-0.15, -0.1) is 0 Å². The fraction of sp³-hybridized carbons (Fsp3) is 1.00. The average molecular weight is 201 g/mol. The third kappa shape index (κ3) is 4.94. The minimum atomic E-state index is -0.167. The Labute approximate surface area is 86.8 Å². The highest BCUT2D eigenvalue weighted by molar-refractivity contribution is 4.72. The molecule has 0 bridgehead atoms. The second-order valence-electron chi connectivity index (χ2n) is 4.34. The molecule has 1 fully saturated rings. The molecule has 0 spiro atoms. The van der Waals surface area contributed by atoms with Crippen LogP contribution in [0.3, 0.4) is 0 Å². The van der Waals surface area contributed by atoms with Crippen molar-refractivity contribution in [1.82, 2.24) is 5.32 Å². The Kier molecular flexibility index (Phi) is 5.45. The predicted octanol–water partition coefficient (Wildman–Crippen LogP) is 1.30. The lowest BCUT2D eigenvalue weighted by atomic mass is 10.2. The second-order valence-corrected chi connectivity index (χ2v) is 4.34. The molecule has 0 aromatic rings. The Hall–Kier alpha value is -0.120. The molecule has 14 heavy (non-hydrogen) atoms. The molecule has 1 rings (SSSR count). The van der Waals surface area contributed by atoms with Gasteiger partial charge >= 0.3 is 0 Å². The van der Waals surface area contributed by atoms with Crippen molar-refractivity contribution < 1.29 is 9.84 Å². The largest absolute Gasteiger partial charge is 0.393 e. The second kappa shape index (κ2) is 6.38. The molecule has 0 radical (unpaired) electrons. The van der Waals surface area contributed by atoms with Crippen molar-refractivity contribution in [1.29, 1.82) is 0 Å². The maximum atomic E-state index is 9.05. The van der Waals surface area contributed by atoms with Crippen LogP contribution in [0.1, 0.15) is 39.5 Å². The van der Waals surface area contributed by atoms with Crippen molar-refractivity contribution in [2.75, 3.05) is 13.1 Å². The van der Waals surface area contributed by atoms with Crippen LogP contribution >= 0.6 is 0 Å². The van der Waals surface area contributed by atoms with E-state index < -0.39 is 0 Å². The summed E-state index contributed by atoms with van der Waals surface area (Å²) in [5, 5.41) is 12.4. The molecule has 0 amide bonds. The molecule has 0 saturated carbocycles. The van der Waals surface area contributed by atoms with Gasteiger partial charge in [0, 0.05) is 6.54 Å². The van der Waals surface area contributed by atoms with Gasteiger partial charge in [0.15, 0.2) is 0 Å². The summed E-state index contributed by atoms with van der Waals surface area (Å²) < 4.78 is 5.68. The van der Waals surface area contributed by atoms with Gasteiger partial charge in [0.05, 0.1) is 18.3 Å². The third-order valence-corrected chi connectivity index (χ3v) is 2.67. The van der Waals surface area contributed by atoms with E-state index in [2.05, 4.69) is 12.2 Å². The molecular weight excluding hydrogens is 178 g/mol. The van der Waals surface area contributed by atoms with Crippen LogP contribution in [0.5, 0.6) is 0 Å². The Morgan fingerprint density at radius 3 is 2.86 bits per heavy atom. The minimum absolute atomic E-state index is 0.167. The molecule has 1 saturated heterocycles. The van der Waals surface area contributed by atoms with E-state index in [1.165, 1.54) is 12.8 Å². The SMILES string of the molecule is CC(O)CCCNCC1CCC(C)O1. The number of aliphatic hydroxyl groups excluding tert-OH is 1. The van der Waals surface area contributed by atoms with E-state index in [0.717, 1.165) is 25.9 Å². The maximum Gasteiger partial charge on any atom is 0.0704 e. The van der Waals surface area contributed by atoms with Crippen LogP contribution in [-0.4, -0.2) is 36.5 Å². The lowest BCUT2D eigenvalue weighted by Gasteiger charge is -2.12. The molecule has 0 aliphatic carbocycles. The lowest BCUT2D eigenvalue weighted by Crippen LogP contribution is -2.28. The fourth-order valence-electron chi connectivity index (χ4n) is 1.82. The van der Waals surface area contributed by atoms with Crippen molar-refractivity contribution >= 4 is 0 Å². The summed E-state index contributed by atoms with van der Waals surface area (Å²) in [6.45, 7) is 5.92. The number of aliphatic hydroxyl groups is 1. The van der Waals surface area contributed by atoms with Crippen molar-refractivity contribution in [3.8, 4) is 0 Å². The number of hydrogen-bond acceptors (Lipinski definition) is 3. The maximum absolute atomic E-state index is 9.05. The summed E-state index contributed by atoms with van der Waals surface area (Å²) in [6, 6.07) is 0. The normalized spacial score (nSPS) is 29.4. The van der Waals surface area contributed by atoms with Gasteiger partial charge in [0.1, 0.15) is 0 Å². The highest BCUT2D eigenvalue weighted by Gasteiger charge is 2.20. The van der Waals surface area contributed by atoms with Gasteiger partial charge in [0.25, 0.3) is 0 Å². The van der Waals surface area contributed by atoms with E-state index in [-0.39, 0.29) is 6.10 Å². The number of hydrogen-bond donors (Lipinski definition) is 2. The quantitative estimate of drug-likeness (QED) is 0.637. The van der Waals surface area contributed by atoms with Crippen LogP contribution < -0.4 is 5.32 Å². The molecule has 2 N–H and O–H groups in total. The summed E-state index contributed by atoms with van der Waals surface area (Å²) in [7, 11) is 0. The molecule has 1 heterocycles. The lowest BCUT2D eigenvalue weighted by molar-refractivity contribution is 0.0560. The van der Waals surface area contributed by atoms with Crippen LogP contribution in [0.25, 0.3) is 0 Å². The summed E-state index contributed by atoms with van der Waals surface area (Å²) >= 11 is 0. The molecule has 84 valence electrons. The van der Waals surface area contributed by atoms with E-state index in [0.29, 0.717) is 12.2 Å². The summed E-state index contributed by atoms with van der Waals surface area (Å²) in [4.78, 5) is 0. The van der Waals surface area contributed by atoms with Gasteiger partial charge in [-0.1, -0.05) is 0 Å². The topological polar surface area (TPSA) is 41.5 Å². The standard InChI is InChI=1S/C11H23NO2/c1-9(13)4-3-7-12-8-11-6-5-10(2)14-11/h9-13H,3-8H2,1-2H3. The molecule has 3 heteroatoms. The summed E-state index contributed by atoms with van der Waals surface area (Å²) in [5.41, 5.74) is 0. The van der Waals surface area contributed by atoms with E-state index in [1.807, 2.05) is 6.92 Å². The van der Waals surface area contributed by atoms with E-state index in [9.17, 15) is 0 Å². The van der Waals surface area contributed by atoms with Crippen molar-refractivity contribution in [3.05, 3.63) is 0 Å². The van der Waals surface area contributed by atoms with Gasteiger partial charge in [-0.3, -0.25) is 0 Å². The average Bonchev–Trinajstić information content (AvgIpc) is 2.50. The summed E-state index contributed by atoms with van der Waals surface area (Å²) in [5.74, 6) is 0. The van der Waals surface area contributed by atoms with Crippen molar-refractivity contribution in [2.24, 2.45) is 0 Å². The molecule has 3 atom stereocenters. The molecule has 3 nitrogen and oxygen atoms in total. The molecule has 0 aromatic carbocycles. The predicted molar refractivity (Wildman–Crippen MR) is 57.4 cm³/mol. The van der Waals surface area contributed by atoms with Crippen LogP contribution in [0.2, 0.25) is 0 Å². The van der Waals surface area contributed by atoms with Gasteiger partial charge in [-0.05, 0) is 46.1 Å². The fourth-order valence-corrected chi connectivity index (χ4v) is 1.82. The molecule has 1 aliphatic rings. The van der Waals surface area contributed by atoms with Crippen molar-refractivity contribution in [2.45, 2.75) is 57.8 Å². The Morgan fingerprint density at radius 2 is 2.29 bits per heavy atom. The Balaban J connectivity index is 1.89. The number of nitrogens with one attached hydrogen (secondary N) is 1. The first-order valence-corrected chi connectivity index (χ1v) is 5.72. The Bertz CT molecular complexity index is 150. The van der Waals surface area contributed by atoms with Gasteiger partial charge < -0.3 is 15.2 Å². The molecule has 1 aliphatic heterocycles. The van der Waals surface area contributed by atoms with Crippen molar-refractivity contribution in [3.63, 3.8) is 0 Å². The highest BCUT2D eigenvalue weighted by Crippen LogP contribution is 2.17. The van der Waals surface area contributed by atoms with Gasteiger partial charge in [-0.25, -0.2) is 0 Å².